The van der Waals surface area contributed by atoms with Crippen LogP contribution in [-0.2, 0) is 27.3 Å². The summed E-state index contributed by atoms with van der Waals surface area (Å²) in [5, 5.41) is 0. The number of carbonyl (C=O) groups excluding carboxylic acids is 4. The van der Waals surface area contributed by atoms with Gasteiger partial charge in [-0.2, -0.15) is 0 Å². The second kappa shape index (κ2) is 9.24. The quantitative estimate of drug-likeness (QED) is 0.481. The van der Waals surface area contributed by atoms with Gasteiger partial charge in [-0.3, -0.25) is 24.1 Å². The van der Waals surface area contributed by atoms with Crippen LogP contribution in [0.1, 0.15) is 28.4 Å². The van der Waals surface area contributed by atoms with Gasteiger partial charge < -0.3 is 9.80 Å². The van der Waals surface area contributed by atoms with Crippen molar-refractivity contribution in [2.75, 3.05) is 13.1 Å². The predicted octanol–water partition coefficient (Wildman–Crippen LogP) is 3.16. The van der Waals surface area contributed by atoms with Crippen molar-refractivity contribution in [1.82, 2.24) is 14.7 Å². The van der Waals surface area contributed by atoms with E-state index in [1.54, 1.807) is 34.1 Å². The van der Waals surface area contributed by atoms with Gasteiger partial charge in [0.05, 0.1) is 24.4 Å². The van der Waals surface area contributed by atoms with Gasteiger partial charge in [0.1, 0.15) is 5.54 Å². The van der Waals surface area contributed by atoms with Crippen LogP contribution in [0.5, 0.6) is 0 Å². The number of likely N-dealkylation sites (N-methyl/N-ethyl adjacent to an activating group) is 1. The minimum Gasteiger partial charge on any atom is -0.339 e. The third-order valence-corrected chi connectivity index (χ3v) is 8.32. The lowest BCUT2D eigenvalue weighted by molar-refractivity contribution is -0.156. The minimum atomic E-state index is -1.49. The largest absolute Gasteiger partial charge is 0.339 e. The van der Waals surface area contributed by atoms with Gasteiger partial charge in [0.15, 0.2) is 0 Å². The highest BCUT2D eigenvalue weighted by atomic mass is 16.2. The Morgan fingerprint density at radius 2 is 1.39 bits per heavy atom. The Hall–Kier alpha value is -4.26. The first-order valence-corrected chi connectivity index (χ1v) is 13.1. The van der Waals surface area contributed by atoms with Gasteiger partial charge in [0, 0.05) is 25.1 Å². The molecule has 0 unspecified atom stereocenters. The monoisotopic (exact) mass is 507 g/mol. The minimum absolute atomic E-state index is 0.151. The summed E-state index contributed by atoms with van der Waals surface area (Å²) < 4.78 is 0. The molecule has 0 aromatic heterocycles. The fraction of sp³-hybridized carbons (Fsp3) is 0.290. The lowest BCUT2D eigenvalue weighted by Crippen LogP contribution is -2.70. The SMILES string of the molecule is CCN1C[C@@H]2[C@@H]3C(=O)N(Cc4ccccc4)C(=O)[C@@H]3[C@](Cc3ccccc3)(C1=O)N2C(=O)c1ccccc1. The highest BCUT2D eigenvalue weighted by Crippen LogP contribution is 2.54. The molecule has 192 valence electrons. The maximum Gasteiger partial charge on any atom is 0.255 e. The van der Waals surface area contributed by atoms with Crippen LogP contribution in [0, 0.1) is 11.8 Å². The molecule has 7 nitrogen and oxygen atoms in total. The molecule has 3 saturated heterocycles. The number of hydrogen-bond acceptors (Lipinski definition) is 4. The van der Waals surface area contributed by atoms with Crippen molar-refractivity contribution in [3.8, 4) is 0 Å². The molecule has 3 fully saturated rings. The van der Waals surface area contributed by atoms with Gasteiger partial charge in [0.2, 0.25) is 17.7 Å². The van der Waals surface area contributed by atoms with Gasteiger partial charge in [-0.05, 0) is 30.2 Å². The Morgan fingerprint density at radius 1 is 0.816 bits per heavy atom. The van der Waals surface area contributed by atoms with E-state index < -0.39 is 23.4 Å². The number of amides is 4. The number of nitrogens with zero attached hydrogens (tertiary/aromatic N) is 3. The van der Waals surface area contributed by atoms with Crippen molar-refractivity contribution < 1.29 is 19.2 Å². The fourth-order valence-corrected chi connectivity index (χ4v) is 6.68. The van der Waals surface area contributed by atoms with Crippen LogP contribution < -0.4 is 0 Å². The summed E-state index contributed by atoms with van der Waals surface area (Å²) in [5.74, 6) is -2.98. The first-order valence-electron chi connectivity index (χ1n) is 13.1. The van der Waals surface area contributed by atoms with Crippen molar-refractivity contribution >= 4 is 23.6 Å². The van der Waals surface area contributed by atoms with Crippen LogP contribution in [0.25, 0.3) is 0 Å². The number of hydrogen-bond donors (Lipinski definition) is 0. The molecule has 7 heteroatoms. The molecule has 3 aliphatic rings. The van der Waals surface area contributed by atoms with Crippen molar-refractivity contribution in [3.63, 3.8) is 0 Å². The maximum atomic E-state index is 14.4. The molecular weight excluding hydrogens is 478 g/mol. The molecule has 3 aliphatic heterocycles. The van der Waals surface area contributed by atoms with Crippen LogP contribution in [0.3, 0.4) is 0 Å². The van der Waals surface area contributed by atoms with E-state index in [1.165, 1.54) is 4.90 Å². The Morgan fingerprint density at radius 3 is 2.00 bits per heavy atom. The van der Waals surface area contributed by atoms with E-state index in [0.29, 0.717) is 12.1 Å². The summed E-state index contributed by atoms with van der Waals surface area (Å²) in [7, 11) is 0. The van der Waals surface area contributed by atoms with Crippen molar-refractivity contribution in [1.29, 1.82) is 0 Å². The van der Waals surface area contributed by atoms with E-state index in [-0.39, 0.29) is 43.1 Å². The molecule has 0 spiro atoms. The first-order chi connectivity index (χ1) is 18.5. The summed E-state index contributed by atoms with van der Waals surface area (Å²) in [4.78, 5) is 61.3. The van der Waals surface area contributed by atoms with Gasteiger partial charge in [-0.15, -0.1) is 0 Å². The maximum absolute atomic E-state index is 14.4. The van der Waals surface area contributed by atoms with E-state index >= 15 is 0 Å². The Kier molecular flexibility index (Phi) is 5.86. The molecule has 38 heavy (non-hydrogen) atoms. The molecule has 4 atom stereocenters. The molecule has 3 aromatic rings. The van der Waals surface area contributed by atoms with Gasteiger partial charge in [0.25, 0.3) is 5.91 Å². The predicted molar refractivity (Wildman–Crippen MR) is 141 cm³/mol. The van der Waals surface area contributed by atoms with Gasteiger partial charge in [-0.25, -0.2) is 0 Å². The normalized spacial score (nSPS) is 26.2. The zero-order chi connectivity index (χ0) is 26.4. The number of likely N-dealkylation sites (tertiary alicyclic amines) is 2. The number of rotatable bonds is 6. The van der Waals surface area contributed by atoms with Crippen molar-refractivity contribution in [3.05, 3.63) is 108 Å². The Balaban J connectivity index is 1.51. The van der Waals surface area contributed by atoms with Crippen LogP contribution in [0.2, 0.25) is 0 Å². The number of benzene rings is 3. The van der Waals surface area contributed by atoms with Gasteiger partial charge in [-0.1, -0.05) is 78.9 Å². The van der Waals surface area contributed by atoms with E-state index in [4.69, 9.17) is 0 Å². The molecule has 6 rings (SSSR count). The zero-order valence-electron chi connectivity index (χ0n) is 21.2. The smallest absolute Gasteiger partial charge is 0.255 e. The average molecular weight is 508 g/mol. The number of piperazine rings is 1. The molecule has 3 aromatic carbocycles. The average Bonchev–Trinajstić information content (AvgIpc) is 3.33. The Bertz CT molecular complexity index is 1390. The highest BCUT2D eigenvalue weighted by Gasteiger charge is 2.75. The van der Waals surface area contributed by atoms with E-state index in [9.17, 15) is 19.2 Å². The summed E-state index contributed by atoms with van der Waals surface area (Å²) >= 11 is 0. The topological polar surface area (TPSA) is 78.0 Å². The molecule has 0 saturated carbocycles. The second-order valence-electron chi connectivity index (χ2n) is 10.3. The molecule has 0 N–H and O–H groups in total. The lowest BCUT2D eigenvalue weighted by atomic mass is 9.75. The number of fused-ring (bicyclic) bond motifs is 5. The number of carbonyl (C=O) groups is 4. The molecular formula is C31H29N3O4. The van der Waals surface area contributed by atoms with Crippen LogP contribution >= 0.6 is 0 Å². The molecule has 3 heterocycles. The molecule has 0 radical (unpaired) electrons. The van der Waals surface area contributed by atoms with Gasteiger partial charge >= 0.3 is 0 Å². The summed E-state index contributed by atoms with van der Waals surface area (Å²) in [6.45, 7) is 2.71. The van der Waals surface area contributed by atoms with E-state index in [0.717, 1.165) is 11.1 Å². The third-order valence-electron chi connectivity index (χ3n) is 8.32. The summed E-state index contributed by atoms with van der Waals surface area (Å²) in [5.41, 5.74) is 0.630. The van der Waals surface area contributed by atoms with Crippen molar-refractivity contribution in [2.24, 2.45) is 11.8 Å². The zero-order valence-corrected chi connectivity index (χ0v) is 21.2. The summed E-state index contributed by atoms with van der Waals surface area (Å²) in [6, 6.07) is 27.1. The lowest BCUT2D eigenvalue weighted by Gasteiger charge is -2.49. The second-order valence-corrected chi connectivity index (χ2v) is 10.3. The molecule has 0 aliphatic carbocycles. The number of imide groups is 1. The van der Waals surface area contributed by atoms with E-state index in [2.05, 4.69) is 0 Å². The Labute approximate surface area is 221 Å². The van der Waals surface area contributed by atoms with E-state index in [1.807, 2.05) is 73.7 Å². The van der Waals surface area contributed by atoms with Crippen LogP contribution in [0.15, 0.2) is 91.0 Å². The first kappa shape index (κ1) is 24.1. The molecule has 4 amide bonds. The van der Waals surface area contributed by atoms with Crippen LogP contribution in [0.4, 0.5) is 0 Å². The molecule has 2 bridgehead atoms. The van der Waals surface area contributed by atoms with Crippen molar-refractivity contribution in [2.45, 2.75) is 31.5 Å². The van der Waals surface area contributed by atoms with Crippen LogP contribution in [-0.4, -0.2) is 63.0 Å². The standard InChI is InChI=1S/C31H29N3O4/c1-2-32-20-24-25-26(29(37)33(28(25)36)19-22-14-8-4-9-15-22)31(30(32)38,18-21-12-6-3-7-13-21)34(24)27(35)23-16-10-5-11-17-23/h3-17,24-26H,2,18-20H2,1H3/t24-,25+,26-,31-/m1/s1. The third kappa shape index (κ3) is 3.49. The highest BCUT2D eigenvalue weighted by molar-refractivity contribution is 6.13. The fourth-order valence-electron chi connectivity index (χ4n) is 6.68. The summed E-state index contributed by atoms with van der Waals surface area (Å²) in [6.07, 6.45) is 0.164.